The summed E-state index contributed by atoms with van der Waals surface area (Å²) in [7, 11) is -3.58. The van der Waals surface area contributed by atoms with Gasteiger partial charge in [0.2, 0.25) is 21.1 Å². The van der Waals surface area contributed by atoms with Crippen LogP contribution in [0, 0.1) is 0 Å². The van der Waals surface area contributed by atoms with Crippen LogP contribution in [0.4, 0.5) is 0 Å². The highest BCUT2D eigenvalue weighted by Gasteiger charge is 2.30. The van der Waals surface area contributed by atoms with Gasteiger partial charge in [-0.3, -0.25) is 9.89 Å². The van der Waals surface area contributed by atoms with Crippen LogP contribution in [0.5, 0.6) is 0 Å². The van der Waals surface area contributed by atoms with Gasteiger partial charge < -0.3 is 4.90 Å². The fourth-order valence-corrected chi connectivity index (χ4v) is 4.99. The van der Waals surface area contributed by atoms with Crippen LogP contribution in [0.25, 0.3) is 0 Å². The second kappa shape index (κ2) is 8.81. The zero-order valence-electron chi connectivity index (χ0n) is 15.6. The van der Waals surface area contributed by atoms with Crippen molar-refractivity contribution in [2.75, 3.05) is 31.9 Å². The largest absolute Gasteiger partial charge is 0.339 e. The number of H-pyrrole nitrogens is 1. The molecule has 0 radical (unpaired) electrons. The highest BCUT2D eigenvalue weighted by molar-refractivity contribution is 7.99. The Morgan fingerprint density at radius 2 is 1.86 bits per heavy atom. The molecule has 2 heterocycles. The average Bonchev–Trinajstić information content (AvgIpc) is 3.16. The molecule has 1 aromatic carbocycles. The lowest BCUT2D eigenvalue weighted by Gasteiger charge is -2.34. The maximum atomic E-state index is 12.7. The Balaban J connectivity index is 1.52. The van der Waals surface area contributed by atoms with Gasteiger partial charge in [-0.15, -0.1) is 5.10 Å². The Hall–Kier alpha value is -1.62. The van der Waals surface area contributed by atoms with Crippen LogP contribution in [0.1, 0.15) is 25.6 Å². The molecule has 0 aliphatic carbocycles. The molecule has 11 heteroatoms. The average molecular weight is 444 g/mol. The predicted octanol–water partition coefficient (Wildman–Crippen LogP) is 2.21. The number of sulfonamides is 1. The van der Waals surface area contributed by atoms with Gasteiger partial charge in [0.1, 0.15) is 5.82 Å². The number of rotatable bonds is 6. The van der Waals surface area contributed by atoms with Gasteiger partial charge in [-0.05, 0) is 24.3 Å². The van der Waals surface area contributed by atoms with Crippen molar-refractivity contribution in [2.45, 2.75) is 29.8 Å². The Labute approximate surface area is 173 Å². The van der Waals surface area contributed by atoms with Crippen molar-refractivity contribution in [1.29, 1.82) is 0 Å². The van der Waals surface area contributed by atoms with E-state index < -0.39 is 10.0 Å². The lowest BCUT2D eigenvalue weighted by molar-refractivity contribution is -0.129. The fraction of sp³-hybridized carbons (Fsp3) is 0.471. The number of hydrogen-bond donors (Lipinski definition) is 1. The van der Waals surface area contributed by atoms with Crippen molar-refractivity contribution in [1.82, 2.24) is 24.4 Å². The zero-order valence-corrected chi connectivity index (χ0v) is 18.0. The number of nitrogens with one attached hydrogen (secondary N) is 1. The summed E-state index contributed by atoms with van der Waals surface area (Å²) in [5, 5.41) is 7.99. The lowest BCUT2D eigenvalue weighted by Crippen LogP contribution is -2.50. The highest BCUT2D eigenvalue weighted by atomic mass is 35.5. The smallest absolute Gasteiger partial charge is 0.243 e. The van der Waals surface area contributed by atoms with Crippen molar-refractivity contribution < 1.29 is 13.2 Å². The molecule has 3 rings (SSSR count). The molecule has 1 N–H and O–H groups in total. The number of thioether (sulfide) groups is 1. The molecule has 28 heavy (non-hydrogen) atoms. The van der Waals surface area contributed by atoms with Gasteiger partial charge in [0, 0.05) is 37.1 Å². The number of amides is 1. The van der Waals surface area contributed by atoms with E-state index in [1.807, 2.05) is 13.8 Å². The normalized spacial score (nSPS) is 15.9. The first-order valence-electron chi connectivity index (χ1n) is 8.86. The highest BCUT2D eigenvalue weighted by Crippen LogP contribution is 2.21. The second-order valence-corrected chi connectivity index (χ2v) is 10.0. The van der Waals surface area contributed by atoms with E-state index in [0.717, 1.165) is 5.82 Å². The van der Waals surface area contributed by atoms with Gasteiger partial charge in [-0.1, -0.05) is 37.2 Å². The molecule has 1 amide bonds. The summed E-state index contributed by atoms with van der Waals surface area (Å²) in [6, 6.07) is 6.10. The van der Waals surface area contributed by atoms with E-state index >= 15 is 0 Å². The van der Waals surface area contributed by atoms with E-state index in [2.05, 4.69) is 15.2 Å². The first-order valence-corrected chi connectivity index (χ1v) is 11.7. The molecule has 0 spiro atoms. The molecule has 0 saturated carbocycles. The van der Waals surface area contributed by atoms with Gasteiger partial charge in [-0.2, -0.15) is 4.31 Å². The molecule has 1 saturated heterocycles. The number of benzene rings is 1. The van der Waals surface area contributed by atoms with Gasteiger partial charge in [0.25, 0.3) is 0 Å². The Morgan fingerprint density at radius 1 is 1.21 bits per heavy atom. The summed E-state index contributed by atoms with van der Waals surface area (Å²) < 4.78 is 26.8. The predicted molar refractivity (Wildman–Crippen MR) is 108 cm³/mol. The standard InChI is InChI=1S/C17H22ClN5O3S2/c1-12(2)16-19-17(21-20-16)27-11-15(24)22-7-9-23(10-8-22)28(25,26)14-5-3-13(18)4-6-14/h3-6,12H,7-11H2,1-2H3,(H,19,20,21). The number of carbonyl (C=O) groups is 1. The maximum Gasteiger partial charge on any atom is 0.243 e. The zero-order chi connectivity index (χ0) is 20.3. The number of aromatic nitrogens is 3. The number of carbonyl (C=O) groups excluding carboxylic acids is 1. The molecule has 152 valence electrons. The third kappa shape index (κ3) is 4.86. The van der Waals surface area contributed by atoms with Gasteiger partial charge in [0.05, 0.1) is 10.6 Å². The summed E-state index contributed by atoms with van der Waals surface area (Å²) in [6.07, 6.45) is 0. The molecule has 1 aliphatic heterocycles. The van der Waals surface area contributed by atoms with E-state index in [4.69, 9.17) is 11.6 Å². The molecule has 2 aromatic rings. The van der Waals surface area contributed by atoms with Crippen LogP contribution >= 0.6 is 23.4 Å². The molecular weight excluding hydrogens is 422 g/mol. The molecule has 0 bridgehead atoms. The van der Waals surface area contributed by atoms with Crippen LogP contribution in [-0.4, -0.2) is 70.6 Å². The van der Waals surface area contributed by atoms with Gasteiger partial charge >= 0.3 is 0 Å². The first-order chi connectivity index (χ1) is 13.3. The Morgan fingerprint density at radius 3 is 2.43 bits per heavy atom. The molecule has 8 nitrogen and oxygen atoms in total. The number of aromatic amines is 1. The molecule has 1 fully saturated rings. The quantitative estimate of drug-likeness (QED) is 0.687. The minimum absolute atomic E-state index is 0.0514. The molecule has 0 atom stereocenters. The third-order valence-corrected chi connectivity index (χ3v) is 7.39. The van der Waals surface area contributed by atoms with E-state index in [9.17, 15) is 13.2 Å². The van der Waals surface area contributed by atoms with Gasteiger partial charge in [-0.25, -0.2) is 13.4 Å². The fourth-order valence-electron chi connectivity index (χ4n) is 2.73. The number of piperazine rings is 1. The maximum absolute atomic E-state index is 12.7. The van der Waals surface area contributed by atoms with Crippen LogP contribution < -0.4 is 0 Å². The molecule has 0 unspecified atom stereocenters. The SMILES string of the molecule is CC(C)c1nc(SCC(=O)N2CCN(S(=O)(=O)c3ccc(Cl)cc3)CC2)n[nH]1. The number of nitrogens with zero attached hydrogens (tertiary/aromatic N) is 4. The number of halogens is 1. The Bertz CT molecular complexity index is 923. The van der Waals surface area contributed by atoms with Crippen molar-refractivity contribution >= 4 is 39.3 Å². The summed E-state index contributed by atoms with van der Waals surface area (Å²) in [5.41, 5.74) is 0. The van der Waals surface area contributed by atoms with Crippen LogP contribution in [0.3, 0.4) is 0 Å². The van der Waals surface area contributed by atoms with E-state index in [0.29, 0.717) is 23.3 Å². The molecular formula is C17H22ClN5O3S2. The van der Waals surface area contributed by atoms with Crippen molar-refractivity contribution in [3.8, 4) is 0 Å². The van der Waals surface area contributed by atoms with Crippen molar-refractivity contribution in [3.63, 3.8) is 0 Å². The van der Waals surface area contributed by atoms with Crippen molar-refractivity contribution in [3.05, 3.63) is 35.1 Å². The molecule has 1 aliphatic rings. The second-order valence-electron chi connectivity index (χ2n) is 6.69. The summed E-state index contributed by atoms with van der Waals surface area (Å²) in [6.45, 7) is 5.27. The van der Waals surface area contributed by atoms with Crippen LogP contribution in [0.15, 0.2) is 34.3 Å². The minimum Gasteiger partial charge on any atom is -0.339 e. The number of hydrogen-bond acceptors (Lipinski definition) is 6. The van der Waals surface area contributed by atoms with Crippen LogP contribution in [0.2, 0.25) is 5.02 Å². The topological polar surface area (TPSA) is 99.3 Å². The summed E-state index contributed by atoms with van der Waals surface area (Å²) in [4.78, 5) is 18.7. The van der Waals surface area contributed by atoms with E-state index in [1.54, 1.807) is 17.0 Å². The third-order valence-electron chi connectivity index (χ3n) is 4.40. The van der Waals surface area contributed by atoms with Gasteiger partial charge in [0.15, 0.2) is 0 Å². The summed E-state index contributed by atoms with van der Waals surface area (Å²) in [5.74, 6) is 1.20. The van der Waals surface area contributed by atoms with Crippen molar-refractivity contribution in [2.24, 2.45) is 0 Å². The molecule has 1 aromatic heterocycles. The Kier molecular flexibility index (Phi) is 6.64. The van der Waals surface area contributed by atoms with E-state index in [-0.39, 0.29) is 35.6 Å². The van der Waals surface area contributed by atoms with Crippen LogP contribution in [-0.2, 0) is 14.8 Å². The van der Waals surface area contributed by atoms with E-state index in [1.165, 1.54) is 28.2 Å². The monoisotopic (exact) mass is 443 g/mol. The summed E-state index contributed by atoms with van der Waals surface area (Å²) >= 11 is 7.10. The lowest BCUT2D eigenvalue weighted by atomic mass is 10.2. The first kappa shape index (κ1) is 21.1. The minimum atomic E-state index is -3.58.